The van der Waals surface area contributed by atoms with Crippen molar-refractivity contribution in [3.63, 3.8) is 0 Å². The summed E-state index contributed by atoms with van der Waals surface area (Å²) >= 11 is 1.31. The van der Waals surface area contributed by atoms with Gasteiger partial charge in [-0.25, -0.2) is 18.7 Å². The number of aromatic nitrogens is 3. The van der Waals surface area contributed by atoms with Crippen LogP contribution in [0.1, 0.15) is 47.4 Å². The standard InChI is InChI=1S/C35H37F2N5O2S/c1-5-28-34(42-18-24(8-13-30(42)38-28)22-14-16-41(17-15-22)19-31(44)40(3)4)27-12-11-26(21(2)32(27)37)35-39-33(29(20-43)45-35)23-6-9-25(36)10-7-23/h6-13,18,22,43H,5,14-17,19-20H2,1-4H3. The zero-order valence-electron chi connectivity index (χ0n) is 26.0. The van der Waals surface area contributed by atoms with Crippen LogP contribution in [0.3, 0.4) is 0 Å². The fourth-order valence-corrected chi connectivity index (χ4v) is 7.17. The number of pyridine rings is 1. The third-order valence-electron chi connectivity index (χ3n) is 8.80. The first-order valence-electron chi connectivity index (χ1n) is 15.3. The van der Waals surface area contributed by atoms with Gasteiger partial charge in [-0.15, -0.1) is 11.3 Å². The van der Waals surface area contributed by atoms with Crippen molar-refractivity contribution in [2.45, 2.75) is 45.6 Å². The predicted octanol–water partition coefficient (Wildman–Crippen LogP) is 6.70. The molecule has 1 N–H and O–H groups in total. The number of aryl methyl sites for hydroxylation is 1. The molecule has 10 heteroatoms. The van der Waals surface area contributed by atoms with Crippen molar-refractivity contribution in [2.75, 3.05) is 33.7 Å². The third-order valence-corrected chi connectivity index (χ3v) is 9.87. The van der Waals surface area contributed by atoms with E-state index >= 15 is 4.39 Å². The van der Waals surface area contributed by atoms with Crippen LogP contribution in [0.4, 0.5) is 8.78 Å². The van der Waals surface area contributed by atoms with E-state index in [1.54, 1.807) is 44.1 Å². The highest BCUT2D eigenvalue weighted by Crippen LogP contribution is 2.39. The quantitative estimate of drug-likeness (QED) is 0.207. The van der Waals surface area contributed by atoms with Gasteiger partial charge in [0.2, 0.25) is 5.91 Å². The fraction of sp³-hybridized carbons (Fsp3) is 0.343. The first-order chi connectivity index (χ1) is 21.7. The van der Waals surface area contributed by atoms with Crippen LogP contribution in [0.25, 0.3) is 38.7 Å². The number of carbonyl (C=O) groups is 1. The Bertz CT molecular complexity index is 1860. The van der Waals surface area contributed by atoms with Crippen LogP contribution in [0.15, 0.2) is 54.7 Å². The Morgan fingerprint density at radius 3 is 2.40 bits per heavy atom. The monoisotopic (exact) mass is 629 g/mol. The fourth-order valence-electron chi connectivity index (χ4n) is 6.15. The number of piperidine rings is 1. The number of fused-ring (bicyclic) bond motifs is 1. The molecule has 234 valence electrons. The van der Waals surface area contributed by atoms with Crippen molar-refractivity contribution in [2.24, 2.45) is 0 Å². The van der Waals surface area contributed by atoms with E-state index in [0.29, 0.717) is 56.7 Å². The van der Waals surface area contributed by atoms with Crippen LogP contribution in [0, 0.1) is 18.6 Å². The van der Waals surface area contributed by atoms with E-state index in [-0.39, 0.29) is 24.1 Å². The molecule has 6 rings (SSSR count). The number of imidazole rings is 1. The second-order valence-corrected chi connectivity index (χ2v) is 12.9. The number of hydrogen-bond acceptors (Lipinski definition) is 6. The summed E-state index contributed by atoms with van der Waals surface area (Å²) in [7, 11) is 3.57. The van der Waals surface area contributed by atoms with Crippen LogP contribution >= 0.6 is 11.3 Å². The number of benzene rings is 2. The number of rotatable bonds is 8. The molecule has 2 aromatic carbocycles. The number of aliphatic hydroxyl groups excluding tert-OH is 1. The number of amides is 1. The summed E-state index contributed by atoms with van der Waals surface area (Å²) in [5.41, 5.74) is 6.39. The number of carbonyl (C=O) groups excluding carboxylic acids is 1. The van der Waals surface area contributed by atoms with Gasteiger partial charge in [-0.05, 0) is 92.7 Å². The average Bonchev–Trinajstić information content (AvgIpc) is 3.64. The molecule has 1 amide bonds. The Kier molecular flexibility index (Phi) is 8.81. The Morgan fingerprint density at radius 2 is 1.73 bits per heavy atom. The lowest BCUT2D eigenvalue weighted by atomic mass is 9.90. The molecule has 1 aliphatic heterocycles. The van der Waals surface area contributed by atoms with Crippen LogP contribution in [0.2, 0.25) is 0 Å². The van der Waals surface area contributed by atoms with Crippen molar-refractivity contribution in [3.8, 4) is 33.1 Å². The van der Waals surface area contributed by atoms with Gasteiger partial charge in [-0.3, -0.25) is 14.1 Å². The number of thiazole rings is 1. The molecule has 5 aromatic rings. The molecular formula is C35H37F2N5O2S. The Labute approximate surface area is 265 Å². The minimum absolute atomic E-state index is 0.116. The van der Waals surface area contributed by atoms with Gasteiger partial charge < -0.3 is 10.0 Å². The minimum Gasteiger partial charge on any atom is -0.391 e. The summed E-state index contributed by atoms with van der Waals surface area (Å²) in [6.45, 7) is 5.70. The van der Waals surface area contributed by atoms with E-state index < -0.39 is 0 Å². The zero-order chi connectivity index (χ0) is 31.8. The highest BCUT2D eigenvalue weighted by molar-refractivity contribution is 7.15. The molecule has 4 heterocycles. The first kappa shape index (κ1) is 31.0. The predicted molar refractivity (Wildman–Crippen MR) is 174 cm³/mol. The largest absolute Gasteiger partial charge is 0.391 e. The van der Waals surface area contributed by atoms with Gasteiger partial charge in [-0.2, -0.15) is 0 Å². The van der Waals surface area contributed by atoms with E-state index in [1.807, 2.05) is 23.5 Å². The number of nitrogens with zero attached hydrogens (tertiary/aromatic N) is 5. The Balaban J connectivity index is 1.33. The van der Waals surface area contributed by atoms with Gasteiger partial charge in [0.25, 0.3) is 0 Å². The molecule has 3 aromatic heterocycles. The molecule has 0 atom stereocenters. The van der Waals surface area contributed by atoms with E-state index in [0.717, 1.165) is 43.0 Å². The Morgan fingerprint density at radius 1 is 1.02 bits per heavy atom. The van der Waals surface area contributed by atoms with Gasteiger partial charge in [0.1, 0.15) is 22.3 Å². The van der Waals surface area contributed by atoms with E-state index in [4.69, 9.17) is 9.97 Å². The number of likely N-dealkylation sites (tertiary alicyclic amines) is 1. The van der Waals surface area contributed by atoms with Gasteiger partial charge in [0.15, 0.2) is 0 Å². The molecule has 1 aliphatic rings. The van der Waals surface area contributed by atoms with Crippen LogP contribution in [0.5, 0.6) is 0 Å². The minimum atomic E-state index is -0.349. The van der Waals surface area contributed by atoms with Crippen LogP contribution in [-0.2, 0) is 17.8 Å². The maximum absolute atomic E-state index is 16.4. The summed E-state index contributed by atoms with van der Waals surface area (Å²) in [5, 5.41) is 10.6. The lowest BCUT2D eigenvalue weighted by Crippen LogP contribution is -2.40. The molecule has 1 saturated heterocycles. The van der Waals surface area contributed by atoms with Gasteiger partial charge in [0.05, 0.1) is 35.1 Å². The molecule has 7 nitrogen and oxygen atoms in total. The highest BCUT2D eigenvalue weighted by atomic mass is 32.1. The molecule has 1 fully saturated rings. The molecule has 0 saturated carbocycles. The highest BCUT2D eigenvalue weighted by Gasteiger charge is 2.25. The summed E-state index contributed by atoms with van der Waals surface area (Å²) in [6.07, 6.45) is 4.65. The summed E-state index contributed by atoms with van der Waals surface area (Å²) in [4.78, 5) is 26.3. The maximum atomic E-state index is 16.4. The van der Waals surface area contributed by atoms with Crippen LogP contribution in [-0.4, -0.2) is 68.9 Å². The second kappa shape index (κ2) is 12.8. The van der Waals surface area contributed by atoms with Crippen molar-refractivity contribution in [1.29, 1.82) is 0 Å². The molecule has 0 aliphatic carbocycles. The summed E-state index contributed by atoms with van der Waals surface area (Å²) in [5.74, 6) is -0.226. The summed E-state index contributed by atoms with van der Waals surface area (Å²) < 4.78 is 31.9. The molecule has 0 bridgehead atoms. The lowest BCUT2D eigenvalue weighted by molar-refractivity contribution is -0.130. The van der Waals surface area contributed by atoms with Gasteiger partial charge >= 0.3 is 0 Å². The molecule has 0 unspecified atom stereocenters. The number of likely N-dealkylation sites (N-methyl/N-ethyl adjacent to an activating group) is 1. The zero-order valence-corrected chi connectivity index (χ0v) is 26.8. The number of halogens is 2. The first-order valence-corrected chi connectivity index (χ1v) is 16.1. The third kappa shape index (κ3) is 6.02. The van der Waals surface area contributed by atoms with E-state index in [9.17, 15) is 14.3 Å². The van der Waals surface area contributed by atoms with Crippen LogP contribution < -0.4 is 0 Å². The van der Waals surface area contributed by atoms with Crippen molar-refractivity contribution >= 4 is 22.9 Å². The average molecular weight is 630 g/mol. The molecule has 45 heavy (non-hydrogen) atoms. The number of aliphatic hydroxyl groups is 1. The summed E-state index contributed by atoms with van der Waals surface area (Å²) in [6, 6.07) is 13.8. The van der Waals surface area contributed by atoms with Crippen molar-refractivity contribution in [1.82, 2.24) is 24.2 Å². The number of hydrogen-bond donors (Lipinski definition) is 1. The normalized spacial score (nSPS) is 14.4. The molecule has 0 radical (unpaired) electrons. The van der Waals surface area contributed by atoms with Crippen molar-refractivity contribution < 1.29 is 18.7 Å². The van der Waals surface area contributed by atoms with E-state index in [2.05, 4.69) is 17.2 Å². The lowest BCUT2D eigenvalue weighted by Gasteiger charge is -2.32. The Hall–Kier alpha value is -3.99. The molecule has 0 spiro atoms. The topological polar surface area (TPSA) is 74.0 Å². The smallest absolute Gasteiger partial charge is 0.236 e. The van der Waals surface area contributed by atoms with Gasteiger partial charge in [0, 0.05) is 37.0 Å². The molecular weight excluding hydrogens is 592 g/mol. The van der Waals surface area contributed by atoms with E-state index in [1.165, 1.54) is 29.0 Å². The maximum Gasteiger partial charge on any atom is 0.236 e. The van der Waals surface area contributed by atoms with Gasteiger partial charge in [-0.1, -0.05) is 19.1 Å². The SMILES string of the molecule is CCc1nc2ccc(C3CCN(CC(=O)N(C)C)CC3)cn2c1-c1ccc(-c2nc(-c3ccc(F)cc3)c(CO)s2)c(C)c1F. The van der Waals surface area contributed by atoms with Crippen molar-refractivity contribution in [3.05, 3.63) is 88.1 Å². The second-order valence-electron chi connectivity index (χ2n) is 11.8.